The highest BCUT2D eigenvalue weighted by molar-refractivity contribution is 6.51. The Labute approximate surface area is 65.9 Å². The molecule has 2 nitrogen and oxygen atoms in total. The predicted molar refractivity (Wildman–Crippen MR) is 46.3 cm³/mol. The van der Waals surface area contributed by atoms with Crippen molar-refractivity contribution in [2.45, 2.75) is 6.82 Å². The summed E-state index contributed by atoms with van der Waals surface area (Å²) in [4.78, 5) is 0. The molecular weight excluding hydrogens is 146 g/mol. The van der Waals surface area contributed by atoms with Gasteiger partial charge in [0.15, 0.2) is 7.28 Å². The second-order valence-corrected chi connectivity index (χ2v) is 1.98. The summed E-state index contributed by atoms with van der Waals surface area (Å²) in [5.41, 5.74) is 1.18. The van der Waals surface area contributed by atoms with Crippen molar-refractivity contribution in [3.8, 4) is 0 Å². The van der Waals surface area contributed by atoms with Gasteiger partial charge in [-0.15, -0.1) is 0 Å². The van der Waals surface area contributed by atoms with Crippen molar-refractivity contribution >= 4 is 12.7 Å². The molecule has 0 fully saturated rings. The topological polar surface area (TPSA) is 63.0 Å². The fraction of sp³-hybridized carbons (Fsp3) is 0.143. The molecule has 0 aromatic heterocycles. The molecule has 4 heteroatoms. The standard InChI is InChI=1S/C7H8BF.2H2O/c1-8-6-2-4-7(9)5-3-6;;/h2-5,8H,1H3;2*1H2. The summed E-state index contributed by atoms with van der Waals surface area (Å²) in [6.07, 6.45) is 0. The largest absolute Gasteiger partial charge is 0.412 e. The van der Waals surface area contributed by atoms with Gasteiger partial charge in [0.1, 0.15) is 5.82 Å². The molecule has 0 unspecified atom stereocenters. The lowest BCUT2D eigenvalue weighted by Gasteiger charge is -1.91. The molecule has 0 saturated carbocycles. The first-order valence-corrected chi connectivity index (χ1v) is 3.07. The van der Waals surface area contributed by atoms with Crippen LogP contribution in [0.1, 0.15) is 0 Å². The molecule has 0 heterocycles. The Kier molecular flexibility index (Phi) is 6.84. The summed E-state index contributed by atoms with van der Waals surface area (Å²) < 4.78 is 12.2. The van der Waals surface area contributed by atoms with Crippen LogP contribution in [0.4, 0.5) is 4.39 Å². The average molecular weight is 158 g/mol. The van der Waals surface area contributed by atoms with Crippen LogP contribution in [0.3, 0.4) is 0 Å². The monoisotopic (exact) mass is 158 g/mol. The van der Waals surface area contributed by atoms with Gasteiger partial charge in [-0.1, -0.05) is 24.4 Å². The van der Waals surface area contributed by atoms with Crippen molar-refractivity contribution in [2.24, 2.45) is 0 Å². The van der Waals surface area contributed by atoms with Crippen LogP contribution in [-0.2, 0) is 0 Å². The van der Waals surface area contributed by atoms with Crippen LogP contribution in [0.2, 0.25) is 6.82 Å². The number of rotatable bonds is 1. The lowest BCUT2D eigenvalue weighted by molar-refractivity contribution is 0.628. The third-order valence-corrected chi connectivity index (χ3v) is 1.32. The molecule has 1 rings (SSSR count). The summed E-state index contributed by atoms with van der Waals surface area (Å²) in [6.45, 7) is 2.05. The van der Waals surface area contributed by atoms with E-state index in [2.05, 4.69) is 0 Å². The molecule has 0 aliphatic carbocycles. The smallest absolute Gasteiger partial charge is 0.154 e. The molecule has 1 aromatic rings. The van der Waals surface area contributed by atoms with Crippen molar-refractivity contribution in [3.05, 3.63) is 30.1 Å². The van der Waals surface area contributed by atoms with Gasteiger partial charge in [0.2, 0.25) is 0 Å². The van der Waals surface area contributed by atoms with Crippen molar-refractivity contribution in [3.63, 3.8) is 0 Å². The Morgan fingerprint density at radius 3 is 1.91 bits per heavy atom. The third kappa shape index (κ3) is 3.75. The highest BCUT2D eigenvalue weighted by Gasteiger charge is 1.88. The van der Waals surface area contributed by atoms with Gasteiger partial charge in [0, 0.05) is 0 Å². The fourth-order valence-corrected chi connectivity index (χ4v) is 0.720. The van der Waals surface area contributed by atoms with Gasteiger partial charge < -0.3 is 11.0 Å². The average Bonchev–Trinajstić information content (AvgIpc) is 1.90. The number of hydrogen-bond acceptors (Lipinski definition) is 0. The van der Waals surface area contributed by atoms with E-state index in [1.807, 2.05) is 6.82 Å². The molecule has 0 amide bonds. The van der Waals surface area contributed by atoms with E-state index >= 15 is 0 Å². The zero-order valence-corrected chi connectivity index (χ0v) is 6.39. The van der Waals surface area contributed by atoms with Crippen LogP contribution >= 0.6 is 0 Å². The van der Waals surface area contributed by atoms with Crippen molar-refractivity contribution in [1.82, 2.24) is 0 Å². The second-order valence-electron chi connectivity index (χ2n) is 1.98. The second kappa shape index (κ2) is 5.89. The Bertz CT molecular complexity index is 188. The molecular formula is C7H12BFO2. The minimum Gasteiger partial charge on any atom is -0.412 e. The minimum absolute atomic E-state index is 0. The highest BCUT2D eigenvalue weighted by atomic mass is 19.1. The summed E-state index contributed by atoms with van der Waals surface area (Å²) in [6, 6.07) is 6.57. The Balaban J connectivity index is 0. The van der Waals surface area contributed by atoms with Crippen molar-refractivity contribution in [1.29, 1.82) is 0 Å². The Morgan fingerprint density at radius 2 is 1.55 bits per heavy atom. The number of halogens is 1. The van der Waals surface area contributed by atoms with Crippen LogP contribution < -0.4 is 5.46 Å². The molecule has 1 aromatic carbocycles. The first-order chi connectivity index (χ1) is 4.33. The molecule has 0 aliphatic rings. The van der Waals surface area contributed by atoms with Gasteiger partial charge in [0.05, 0.1) is 0 Å². The molecule has 0 radical (unpaired) electrons. The van der Waals surface area contributed by atoms with Crippen molar-refractivity contribution < 1.29 is 15.3 Å². The predicted octanol–water partition coefficient (Wildman–Crippen LogP) is -0.714. The van der Waals surface area contributed by atoms with Gasteiger partial charge in [-0.2, -0.15) is 0 Å². The van der Waals surface area contributed by atoms with E-state index in [0.29, 0.717) is 0 Å². The first kappa shape index (κ1) is 12.8. The van der Waals surface area contributed by atoms with Gasteiger partial charge in [-0.25, -0.2) is 4.39 Å². The minimum atomic E-state index is -0.160. The lowest BCUT2D eigenvalue weighted by Crippen LogP contribution is -2.08. The molecule has 0 spiro atoms. The molecule has 0 atom stereocenters. The SMILES string of the molecule is CBc1ccc(F)cc1.O.O. The maximum atomic E-state index is 12.2. The normalized spacial score (nSPS) is 7.45. The van der Waals surface area contributed by atoms with Gasteiger partial charge in [-0.3, -0.25) is 0 Å². The van der Waals surface area contributed by atoms with Crippen LogP contribution in [0.5, 0.6) is 0 Å². The van der Waals surface area contributed by atoms with E-state index in [9.17, 15) is 4.39 Å². The molecule has 0 bridgehead atoms. The molecule has 62 valence electrons. The summed E-state index contributed by atoms with van der Waals surface area (Å²) in [5.74, 6) is -0.160. The van der Waals surface area contributed by atoms with Crippen LogP contribution in [0.25, 0.3) is 0 Å². The van der Waals surface area contributed by atoms with E-state index in [1.165, 1.54) is 17.6 Å². The molecule has 11 heavy (non-hydrogen) atoms. The number of hydrogen-bond donors (Lipinski definition) is 0. The van der Waals surface area contributed by atoms with E-state index in [4.69, 9.17) is 0 Å². The Morgan fingerprint density at radius 1 is 1.09 bits per heavy atom. The molecule has 4 N–H and O–H groups in total. The van der Waals surface area contributed by atoms with Gasteiger partial charge in [0.25, 0.3) is 0 Å². The lowest BCUT2D eigenvalue weighted by atomic mass is 9.73. The van der Waals surface area contributed by atoms with E-state index in [0.717, 1.165) is 7.28 Å². The van der Waals surface area contributed by atoms with E-state index in [-0.39, 0.29) is 16.8 Å². The first-order valence-electron chi connectivity index (χ1n) is 3.07. The van der Waals surface area contributed by atoms with Gasteiger partial charge in [-0.05, 0) is 12.1 Å². The zero-order valence-electron chi connectivity index (χ0n) is 6.39. The van der Waals surface area contributed by atoms with Crippen LogP contribution in [-0.4, -0.2) is 18.2 Å². The third-order valence-electron chi connectivity index (χ3n) is 1.32. The zero-order chi connectivity index (χ0) is 6.69. The maximum Gasteiger partial charge on any atom is 0.154 e. The maximum absolute atomic E-state index is 12.2. The summed E-state index contributed by atoms with van der Waals surface area (Å²) >= 11 is 0. The molecule has 0 aliphatic heterocycles. The van der Waals surface area contributed by atoms with E-state index < -0.39 is 0 Å². The Hall–Kier alpha value is -0.865. The quantitative estimate of drug-likeness (QED) is 0.484. The summed E-state index contributed by atoms with van der Waals surface area (Å²) in [7, 11) is 0.972. The van der Waals surface area contributed by atoms with Gasteiger partial charge >= 0.3 is 0 Å². The highest BCUT2D eigenvalue weighted by Crippen LogP contribution is 1.90. The number of benzene rings is 1. The van der Waals surface area contributed by atoms with Crippen molar-refractivity contribution in [2.75, 3.05) is 0 Å². The van der Waals surface area contributed by atoms with E-state index in [1.54, 1.807) is 12.1 Å². The van der Waals surface area contributed by atoms with Crippen LogP contribution in [0, 0.1) is 5.82 Å². The van der Waals surface area contributed by atoms with Crippen LogP contribution in [0.15, 0.2) is 24.3 Å². The molecule has 0 saturated heterocycles. The summed E-state index contributed by atoms with van der Waals surface area (Å²) in [5, 5.41) is 0. The fourth-order valence-electron chi connectivity index (χ4n) is 0.720.